The number of ketones is 1. The molecule has 26 heavy (non-hydrogen) atoms. The van der Waals surface area contributed by atoms with E-state index in [9.17, 15) is 19.5 Å². The Morgan fingerprint density at radius 2 is 2.00 bits per heavy atom. The molecular weight excluding hydrogens is 340 g/mol. The lowest BCUT2D eigenvalue weighted by Crippen LogP contribution is -2.46. The van der Waals surface area contributed by atoms with Gasteiger partial charge in [0, 0.05) is 18.1 Å². The molecule has 1 aromatic carbocycles. The van der Waals surface area contributed by atoms with Crippen molar-refractivity contribution in [2.45, 2.75) is 31.5 Å². The van der Waals surface area contributed by atoms with Crippen molar-refractivity contribution < 1.29 is 29.4 Å². The summed E-state index contributed by atoms with van der Waals surface area (Å²) in [7, 11) is 0. The third-order valence-electron chi connectivity index (χ3n) is 3.85. The molecule has 0 aliphatic rings. The molecule has 2 aromatic rings. The van der Waals surface area contributed by atoms with Crippen LogP contribution in [0.2, 0.25) is 0 Å². The lowest BCUT2D eigenvalue weighted by atomic mass is 10.1. The fraction of sp³-hybridized carbons (Fsp3) is 0.294. The van der Waals surface area contributed by atoms with E-state index in [0.717, 1.165) is 10.9 Å². The molecule has 0 spiro atoms. The van der Waals surface area contributed by atoms with Crippen LogP contribution in [-0.2, 0) is 20.9 Å². The Bertz CT molecular complexity index is 869. The fourth-order valence-corrected chi connectivity index (χ4v) is 2.51. The number of aromatic nitrogens is 1. The second kappa shape index (κ2) is 8.70. The Hall–Kier alpha value is -3.29. The molecule has 0 radical (unpaired) electrons. The van der Waals surface area contributed by atoms with Gasteiger partial charge in [-0.05, 0) is 23.9 Å². The molecule has 1 heterocycles. The molecule has 1 amide bonds. The maximum Gasteiger partial charge on any atom is 0.326 e. The predicted molar refractivity (Wildman–Crippen MR) is 91.4 cm³/mol. The maximum atomic E-state index is 12.1. The number of aliphatic hydroxyl groups is 1. The number of carboxylic acid groups (broad SMARTS) is 1. The number of nitrogens with zero attached hydrogens (tertiary/aromatic N) is 3. The van der Waals surface area contributed by atoms with Gasteiger partial charge in [-0.3, -0.25) is 9.59 Å². The number of fused-ring (bicyclic) bond motifs is 1. The summed E-state index contributed by atoms with van der Waals surface area (Å²) >= 11 is 0. The highest BCUT2D eigenvalue weighted by atomic mass is 16.4. The van der Waals surface area contributed by atoms with Crippen LogP contribution < -0.4 is 5.32 Å². The van der Waals surface area contributed by atoms with Crippen LogP contribution in [0.4, 0.5) is 0 Å². The lowest BCUT2D eigenvalue weighted by molar-refractivity contribution is -0.143. The quantitative estimate of drug-likeness (QED) is 0.333. The van der Waals surface area contributed by atoms with Gasteiger partial charge in [-0.1, -0.05) is 18.2 Å². The Balaban J connectivity index is 1.98. The maximum absolute atomic E-state index is 12.1. The van der Waals surface area contributed by atoms with Gasteiger partial charge in [0.05, 0.1) is 6.54 Å². The number of para-hydroxylation sites is 1. The zero-order chi connectivity index (χ0) is 19.1. The van der Waals surface area contributed by atoms with E-state index in [1.54, 1.807) is 10.8 Å². The summed E-state index contributed by atoms with van der Waals surface area (Å²) in [5.41, 5.74) is 9.09. The third-order valence-corrected chi connectivity index (χ3v) is 3.85. The number of hydrogen-bond donors (Lipinski definition) is 3. The lowest BCUT2D eigenvalue weighted by Gasteiger charge is -2.17. The summed E-state index contributed by atoms with van der Waals surface area (Å²) in [6, 6.07) is 7.94. The largest absolute Gasteiger partial charge is 0.480 e. The fourth-order valence-electron chi connectivity index (χ4n) is 2.51. The Labute approximate surface area is 148 Å². The second-order valence-corrected chi connectivity index (χ2v) is 5.69. The van der Waals surface area contributed by atoms with Crippen LogP contribution in [0.15, 0.2) is 36.5 Å². The number of hydrogen-bond acceptors (Lipinski definition) is 4. The summed E-state index contributed by atoms with van der Waals surface area (Å²) in [5, 5.41) is 22.4. The van der Waals surface area contributed by atoms with Gasteiger partial charge in [-0.2, -0.15) is 4.79 Å². The molecule has 0 aliphatic heterocycles. The second-order valence-electron chi connectivity index (χ2n) is 5.69. The van der Waals surface area contributed by atoms with E-state index in [0.29, 0.717) is 6.21 Å². The predicted octanol–water partition coefficient (Wildman–Crippen LogP) is 0.221. The van der Waals surface area contributed by atoms with E-state index in [2.05, 4.69) is 10.1 Å². The van der Waals surface area contributed by atoms with Gasteiger partial charge in [0.15, 0.2) is 6.10 Å². The Kier molecular flexibility index (Phi) is 6.37. The van der Waals surface area contributed by atoms with Crippen molar-refractivity contribution in [1.29, 1.82) is 0 Å². The Morgan fingerprint density at radius 1 is 1.27 bits per heavy atom. The van der Waals surface area contributed by atoms with Crippen LogP contribution in [0.25, 0.3) is 16.4 Å². The zero-order valence-corrected chi connectivity index (χ0v) is 13.8. The van der Waals surface area contributed by atoms with Crippen molar-refractivity contribution in [3.63, 3.8) is 0 Å². The van der Waals surface area contributed by atoms with Gasteiger partial charge < -0.3 is 25.6 Å². The van der Waals surface area contributed by atoms with Crippen molar-refractivity contribution in [2.24, 2.45) is 0 Å². The number of aliphatic hydroxyl groups excluding tert-OH is 1. The highest BCUT2D eigenvalue weighted by Crippen LogP contribution is 2.15. The van der Waals surface area contributed by atoms with Crippen LogP contribution in [0, 0.1) is 0 Å². The summed E-state index contributed by atoms with van der Waals surface area (Å²) in [6.07, 6.45) is 0.516. The van der Waals surface area contributed by atoms with E-state index >= 15 is 0 Å². The molecule has 9 heteroatoms. The highest BCUT2D eigenvalue weighted by Gasteiger charge is 2.25. The van der Waals surface area contributed by atoms with Gasteiger partial charge in [0.25, 0.3) is 5.91 Å². The molecule has 0 fully saturated rings. The van der Waals surface area contributed by atoms with Gasteiger partial charge >= 0.3 is 12.2 Å². The average Bonchev–Trinajstić information content (AvgIpc) is 3.01. The normalized spacial score (nSPS) is 12.8. The number of Topliss-reactive ketones (excluding diaryl/α,β-unsaturated/α-hetero) is 1. The van der Waals surface area contributed by atoms with Crippen molar-refractivity contribution >= 4 is 34.8 Å². The summed E-state index contributed by atoms with van der Waals surface area (Å²) < 4.78 is 1.69. The number of carboxylic acids is 1. The first kappa shape index (κ1) is 19.0. The molecule has 0 bridgehead atoms. The molecule has 0 saturated carbocycles. The van der Waals surface area contributed by atoms with E-state index in [4.69, 9.17) is 10.6 Å². The molecule has 0 aliphatic carbocycles. The van der Waals surface area contributed by atoms with Crippen LogP contribution >= 0.6 is 0 Å². The van der Waals surface area contributed by atoms with Crippen molar-refractivity contribution in [2.75, 3.05) is 0 Å². The third kappa shape index (κ3) is 4.85. The van der Waals surface area contributed by atoms with E-state index < -0.39 is 29.8 Å². The molecule has 9 nitrogen and oxygen atoms in total. The number of carbonyl (C=O) groups is 3. The topological polar surface area (TPSA) is 145 Å². The first-order valence-corrected chi connectivity index (χ1v) is 7.87. The zero-order valence-electron chi connectivity index (χ0n) is 13.8. The number of nitrogens with one attached hydrogen (secondary N) is 1. The summed E-state index contributed by atoms with van der Waals surface area (Å²) in [6.45, 7) is -0.0399. The summed E-state index contributed by atoms with van der Waals surface area (Å²) in [4.78, 5) is 37.1. The first-order valence-electron chi connectivity index (χ1n) is 7.87. The molecule has 136 valence electrons. The van der Waals surface area contributed by atoms with E-state index in [-0.39, 0.29) is 19.4 Å². The van der Waals surface area contributed by atoms with Crippen LogP contribution in [-0.4, -0.2) is 55.6 Å². The monoisotopic (exact) mass is 358 g/mol. The molecule has 2 unspecified atom stereocenters. The van der Waals surface area contributed by atoms with Crippen LogP contribution in [0.1, 0.15) is 12.8 Å². The van der Waals surface area contributed by atoms with Crippen molar-refractivity contribution in [3.05, 3.63) is 42.1 Å². The van der Waals surface area contributed by atoms with Crippen LogP contribution in [0.5, 0.6) is 0 Å². The number of rotatable bonds is 9. The highest BCUT2D eigenvalue weighted by molar-refractivity contribution is 6.25. The SMILES string of the molecule is [N-]=[N+]=CC(=O)CCC(NC(=O)C(O)Cn1ccc2ccccc21)C(=O)O. The minimum absolute atomic E-state index is 0.0399. The van der Waals surface area contributed by atoms with Crippen molar-refractivity contribution in [1.82, 2.24) is 9.88 Å². The van der Waals surface area contributed by atoms with Crippen LogP contribution in [0.3, 0.4) is 0 Å². The van der Waals surface area contributed by atoms with Gasteiger partial charge in [0.2, 0.25) is 5.78 Å². The van der Waals surface area contributed by atoms with Gasteiger partial charge in [-0.25, -0.2) is 4.79 Å². The van der Waals surface area contributed by atoms with Gasteiger partial charge in [0.1, 0.15) is 6.04 Å². The molecular formula is C17H18N4O5. The first-order chi connectivity index (χ1) is 12.4. The molecule has 0 saturated heterocycles. The van der Waals surface area contributed by atoms with Crippen molar-refractivity contribution in [3.8, 4) is 0 Å². The number of carbonyl (C=O) groups excluding carboxylic acids is 2. The standard InChI is InChI=1S/C17H18N4O5/c18-19-9-12(22)5-6-13(17(25)26)20-16(24)15(23)10-21-8-7-11-3-1-2-4-14(11)21/h1-4,7-9,13,15,23H,5-6,10H2,(H,20,24)(H,25,26). The Morgan fingerprint density at radius 3 is 2.69 bits per heavy atom. The van der Waals surface area contributed by atoms with E-state index in [1.165, 1.54) is 0 Å². The average molecular weight is 358 g/mol. The summed E-state index contributed by atoms with van der Waals surface area (Å²) in [5.74, 6) is -2.75. The minimum Gasteiger partial charge on any atom is -0.480 e. The number of benzene rings is 1. The number of aliphatic carboxylic acids is 1. The van der Waals surface area contributed by atoms with Gasteiger partial charge in [-0.15, -0.1) is 0 Å². The minimum atomic E-state index is -1.46. The molecule has 2 atom stereocenters. The van der Waals surface area contributed by atoms with E-state index in [1.807, 2.05) is 30.3 Å². The number of amides is 1. The molecule has 2 rings (SSSR count). The molecule has 1 aromatic heterocycles. The smallest absolute Gasteiger partial charge is 0.326 e. The molecule has 3 N–H and O–H groups in total.